The highest BCUT2D eigenvalue weighted by Gasteiger charge is 2.42. The first-order valence-electron chi connectivity index (χ1n) is 8.14. The van der Waals surface area contributed by atoms with E-state index >= 15 is 0 Å². The van der Waals surface area contributed by atoms with Gasteiger partial charge in [-0.2, -0.15) is 0 Å². The van der Waals surface area contributed by atoms with Crippen molar-refractivity contribution in [2.75, 3.05) is 32.7 Å². The predicted molar refractivity (Wildman–Crippen MR) is 82.5 cm³/mol. The number of carbonyl (C=O) groups is 1. The molecule has 0 bridgehead atoms. The van der Waals surface area contributed by atoms with E-state index in [1.807, 2.05) is 4.90 Å². The van der Waals surface area contributed by atoms with Gasteiger partial charge < -0.3 is 10.0 Å². The van der Waals surface area contributed by atoms with Crippen molar-refractivity contribution < 1.29 is 23.1 Å². The zero-order valence-corrected chi connectivity index (χ0v) is 13.4. The first-order valence-corrected chi connectivity index (χ1v) is 8.14. The van der Waals surface area contributed by atoms with Crippen LogP contribution in [0.3, 0.4) is 0 Å². The van der Waals surface area contributed by atoms with Gasteiger partial charge in [0.2, 0.25) is 0 Å². The van der Waals surface area contributed by atoms with Crippen LogP contribution in [0.2, 0.25) is 0 Å². The lowest BCUT2D eigenvalue weighted by Gasteiger charge is -2.36. The molecule has 1 aromatic rings. The normalized spacial score (nSPS) is 27.4. The monoisotopic (exact) mass is 342 g/mol. The fourth-order valence-corrected chi connectivity index (χ4v) is 3.42. The summed E-state index contributed by atoms with van der Waals surface area (Å²) in [5.74, 6) is -3.42. The summed E-state index contributed by atoms with van der Waals surface area (Å²) in [6.07, 6.45) is -0.00895. The lowest BCUT2D eigenvalue weighted by molar-refractivity contribution is -0.0720. The molecule has 2 fully saturated rings. The summed E-state index contributed by atoms with van der Waals surface area (Å²) in [6, 6.07) is 5.45. The van der Waals surface area contributed by atoms with Crippen LogP contribution in [-0.2, 0) is 0 Å². The van der Waals surface area contributed by atoms with E-state index in [1.165, 1.54) is 29.2 Å². The maximum Gasteiger partial charge on any atom is 0.254 e. The molecule has 0 unspecified atom stereocenters. The molecular weight excluding hydrogens is 321 g/mol. The highest BCUT2D eigenvalue weighted by molar-refractivity contribution is 5.94. The lowest BCUT2D eigenvalue weighted by atomic mass is 10.00. The Balaban J connectivity index is 1.59. The van der Waals surface area contributed by atoms with Gasteiger partial charge in [0.05, 0.1) is 12.1 Å². The number of aliphatic hydroxyl groups is 1. The summed E-state index contributed by atoms with van der Waals surface area (Å²) in [5.41, 5.74) is -0.854. The molecule has 3 rings (SSSR count). The number of piperidine rings is 1. The van der Waals surface area contributed by atoms with Crippen LogP contribution in [0.15, 0.2) is 24.3 Å². The molecule has 0 aromatic heterocycles. The van der Waals surface area contributed by atoms with Crippen molar-refractivity contribution in [1.82, 2.24) is 9.80 Å². The molecule has 24 heavy (non-hydrogen) atoms. The molecule has 1 aromatic carbocycles. The van der Waals surface area contributed by atoms with Gasteiger partial charge in [0.25, 0.3) is 11.8 Å². The molecule has 0 saturated carbocycles. The van der Waals surface area contributed by atoms with Gasteiger partial charge in [0.1, 0.15) is 5.82 Å². The third kappa shape index (κ3) is 3.89. The van der Waals surface area contributed by atoms with Gasteiger partial charge in [-0.3, -0.25) is 9.69 Å². The average Bonchev–Trinajstić information content (AvgIpc) is 2.91. The van der Waals surface area contributed by atoms with Crippen molar-refractivity contribution >= 4 is 5.91 Å². The van der Waals surface area contributed by atoms with Gasteiger partial charge in [-0.1, -0.05) is 6.07 Å². The molecule has 132 valence electrons. The number of hydrogen-bond acceptors (Lipinski definition) is 3. The minimum absolute atomic E-state index is 0.134. The number of hydrogen-bond donors (Lipinski definition) is 1. The molecule has 1 N–H and O–H groups in total. The van der Waals surface area contributed by atoms with Gasteiger partial charge in [-0.05, 0) is 24.6 Å². The summed E-state index contributed by atoms with van der Waals surface area (Å²) in [5, 5.41) is 10.7. The van der Waals surface area contributed by atoms with Crippen molar-refractivity contribution in [1.29, 1.82) is 0 Å². The summed E-state index contributed by atoms with van der Waals surface area (Å²) in [4.78, 5) is 15.7. The largest absolute Gasteiger partial charge is 0.387 e. The number of β-amino-alcohol motifs (C(OH)–C–C–N with tert-alkyl or cyclic N) is 1. The molecule has 0 radical (unpaired) electrons. The van der Waals surface area contributed by atoms with Crippen molar-refractivity contribution in [3.63, 3.8) is 0 Å². The molecule has 1 amide bonds. The Labute approximate surface area is 138 Å². The third-order valence-corrected chi connectivity index (χ3v) is 4.80. The number of amides is 1. The Morgan fingerprint density at radius 2 is 1.88 bits per heavy atom. The second-order valence-corrected chi connectivity index (χ2v) is 6.84. The second kappa shape index (κ2) is 6.37. The van der Waals surface area contributed by atoms with Crippen molar-refractivity contribution in [2.24, 2.45) is 0 Å². The van der Waals surface area contributed by atoms with Crippen LogP contribution < -0.4 is 0 Å². The molecule has 2 aliphatic rings. The van der Waals surface area contributed by atoms with Crippen LogP contribution in [0.4, 0.5) is 13.2 Å². The number of alkyl halides is 2. The second-order valence-electron chi connectivity index (χ2n) is 6.84. The van der Waals surface area contributed by atoms with Crippen LogP contribution in [0, 0.1) is 5.82 Å². The van der Waals surface area contributed by atoms with Crippen LogP contribution in [0.5, 0.6) is 0 Å². The lowest BCUT2D eigenvalue weighted by Crippen LogP contribution is -2.49. The van der Waals surface area contributed by atoms with Gasteiger partial charge in [0, 0.05) is 44.6 Å². The van der Waals surface area contributed by atoms with Crippen molar-refractivity contribution in [3.05, 3.63) is 35.6 Å². The first-order chi connectivity index (χ1) is 11.3. The molecular formula is C17H21F3N2O2. The molecule has 2 saturated heterocycles. The smallest absolute Gasteiger partial charge is 0.254 e. The Hall–Kier alpha value is -1.60. The maximum absolute atomic E-state index is 13.3. The van der Waals surface area contributed by atoms with Crippen molar-refractivity contribution in [2.45, 2.75) is 30.8 Å². The van der Waals surface area contributed by atoms with Gasteiger partial charge >= 0.3 is 0 Å². The highest BCUT2D eigenvalue weighted by atomic mass is 19.3. The van der Waals surface area contributed by atoms with E-state index in [0.29, 0.717) is 13.0 Å². The first kappa shape index (κ1) is 17.2. The van der Waals surface area contributed by atoms with E-state index in [4.69, 9.17) is 0 Å². The van der Waals surface area contributed by atoms with E-state index in [0.717, 1.165) is 0 Å². The number of likely N-dealkylation sites (tertiary alicyclic amines) is 2. The van der Waals surface area contributed by atoms with Gasteiger partial charge in [-0.25, -0.2) is 13.2 Å². The Bertz CT molecular complexity index is 616. The Kier molecular flexibility index (Phi) is 4.57. The molecule has 1 atom stereocenters. The van der Waals surface area contributed by atoms with E-state index in [1.54, 1.807) is 0 Å². The fraction of sp³-hybridized carbons (Fsp3) is 0.588. The predicted octanol–water partition coefficient (Wildman–Crippen LogP) is 2.13. The maximum atomic E-state index is 13.3. The summed E-state index contributed by atoms with van der Waals surface area (Å²) in [6.45, 7) is 1.27. The number of benzene rings is 1. The molecule has 2 aliphatic heterocycles. The van der Waals surface area contributed by atoms with E-state index < -0.39 is 17.3 Å². The molecule has 2 heterocycles. The zero-order valence-electron chi connectivity index (χ0n) is 13.4. The van der Waals surface area contributed by atoms with E-state index in [-0.39, 0.29) is 50.5 Å². The molecule has 4 nitrogen and oxygen atoms in total. The number of rotatable bonds is 3. The number of nitrogens with zero attached hydrogens (tertiary/aromatic N) is 2. The highest BCUT2D eigenvalue weighted by Crippen LogP contribution is 2.30. The quantitative estimate of drug-likeness (QED) is 0.915. The van der Waals surface area contributed by atoms with E-state index in [2.05, 4.69) is 0 Å². The summed E-state index contributed by atoms with van der Waals surface area (Å²) in [7, 11) is 0. The van der Waals surface area contributed by atoms with Crippen LogP contribution in [-0.4, -0.2) is 65.1 Å². The zero-order chi connectivity index (χ0) is 17.4. The Morgan fingerprint density at radius 3 is 2.54 bits per heavy atom. The molecule has 0 aliphatic carbocycles. The summed E-state index contributed by atoms with van der Waals surface area (Å²) >= 11 is 0. The van der Waals surface area contributed by atoms with Crippen LogP contribution in [0.1, 0.15) is 29.6 Å². The summed E-state index contributed by atoms with van der Waals surface area (Å²) < 4.78 is 39.7. The number of carbonyl (C=O) groups excluding carboxylic acids is 1. The van der Waals surface area contributed by atoms with E-state index in [9.17, 15) is 23.1 Å². The minimum atomic E-state index is -2.62. The molecule has 7 heteroatoms. The van der Waals surface area contributed by atoms with Crippen LogP contribution >= 0.6 is 0 Å². The molecule has 0 spiro atoms. The van der Waals surface area contributed by atoms with Crippen molar-refractivity contribution in [3.8, 4) is 0 Å². The topological polar surface area (TPSA) is 43.8 Å². The number of halogens is 3. The van der Waals surface area contributed by atoms with Gasteiger partial charge in [-0.15, -0.1) is 0 Å². The minimum Gasteiger partial charge on any atom is -0.387 e. The fourth-order valence-electron chi connectivity index (χ4n) is 3.42. The SMILES string of the molecule is O=C(c1cccc(F)c1)N1CC[C@](O)(CN2CCC(F)(F)CC2)C1. The average molecular weight is 342 g/mol. The van der Waals surface area contributed by atoms with Gasteiger partial charge in [0.15, 0.2) is 0 Å². The van der Waals surface area contributed by atoms with Crippen LogP contribution in [0.25, 0.3) is 0 Å². The third-order valence-electron chi connectivity index (χ3n) is 4.80. The standard InChI is InChI=1S/C17H21F3N2O2/c18-14-3-1-2-13(10-14)15(23)22-9-4-16(24,12-22)11-21-7-5-17(19,20)6-8-21/h1-3,10,24H,4-9,11-12H2/t16-/m0/s1. The Morgan fingerprint density at radius 1 is 1.17 bits per heavy atom.